The quantitative estimate of drug-likeness (QED) is 0.670. The number of hydrogen-bond donors (Lipinski definition) is 2. The molecule has 1 unspecified atom stereocenters. The number of carbonyl (C=O) groups excluding carboxylic acids is 1. The molecule has 0 radical (unpaired) electrons. The minimum absolute atomic E-state index is 0.00461. The molecule has 0 aliphatic carbocycles. The summed E-state index contributed by atoms with van der Waals surface area (Å²) in [5, 5.41) is 11.0. The molecule has 1 amide bonds. The van der Waals surface area contributed by atoms with Gasteiger partial charge in [-0.3, -0.25) is 9.59 Å². The van der Waals surface area contributed by atoms with Crippen LogP contribution in [0.5, 0.6) is 0 Å². The maximum atomic E-state index is 10.8. The number of carboxylic acid groups (broad SMARTS) is 1. The molecule has 0 heterocycles. The summed E-state index contributed by atoms with van der Waals surface area (Å²) in [6, 6.07) is 0. The van der Waals surface area contributed by atoms with Crippen LogP contribution < -0.4 is 5.32 Å². The van der Waals surface area contributed by atoms with Crippen molar-refractivity contribution in [2.45, 2.75) is 25.0 Å². The van der Waals surface area contributed by atoms with Gasteiger partial charge in [0.1, 0.15) is 0 Å². The molecule has 0 aromatic carbocycles. The van der Waals surface area contributed by atoms with Crippen molar-refractivity contribution in [2.75, 3.05) is 12.8 Å². The highest BCUT2D eigenvalue weighted by molar-refractivity contribution is 7.99. The molecule has 0 saturated heterocycles. The molecule has 4 nitrogen and oxygen atoms in total. The van der Waals surface area contributed by atoms with E-state index in [4.69, 9.17) is 5.11 Å². The number of thioether (sulfide) groups is 1. The van der Waals surface area contributed by atoms with Crippen LogP contribution in [0.15, 0.2) is 0 Å². The molecule has 0 rings (SSSR count). The molecule has 0 aliphatic heterocycles. The van der Waals surface area contributed by atoms with Crippen LogP contribution in [0.25, 0.3) is 0 Å². The third-order valence-electron chi connectivity index (χ3n) is 1.47. The fourth-order valence-electron chi connectivity index (χ4n) is 0.783. The van der Waals surface area contributed by atoms with Crippen molar-refractivity contribution >= 4 is 23.6 Å². The molecule has 0 aromatic heterocycles. The number of amides is 1. The van der Waals surface area contributed by atoms with Crippen LogP contribution in [0.3, 0.4) is 0 Å². The van der Waals surface area contributed by atoms with Crippen molar-refractivity contribution in [1.82, 2.24) is 5.32 Å². The Morgan fingerprint density at radius 1 is 1.54 bits per heavy atom. The molecule has 0 fully saturated rings. The summed E-state index contributed by atoms with van der Waals surface area (Å²) in [5.41, 5.74) is 0. The Morgan fingerprint density at radius 3 is 2.62 bits per heavy atom. The molecule has 0 aliphatic rings. The van der Waals surface area contributed by atoms with Crippen molar-refractivity contribution in [2.24, 2.45) is 0 Å². The summed E-state index contributed by atoms with van der Waals surface area (Å²) in [5.74, 6) is -0.122. The average molecular weight is 205 g/mol. The molecular formula is C8H15NO3S. The SMILES string of the molecule is CNC(=O)CCSC(C)CC(=O)O. The van der Waals surface area contributed by atoms with E-state index in [-0.39, 0.29) is 17.6 Å². The molecule has 0 aromatic rings. The monoisotopic (exact) mass is 205 g/mol. The number of carbonyl (C=O) groups is 2. The average Bonchev–Trinajstić information content (AvgIpc) is 2.02. The van der Waals surface area contributed by atoms with Crippen molar-refractivity contribution < 1.29 is 14.7 Å². The number of hydrogen-bond acceptors (Lipinski definition) is 3. The highest BCUT2D eigenvalue weighted by Gasteiger charge is 2.08. The molecule has 1 atom stereocenters. The van der Waals surface area contributed by atoms with E-state index in [1.54, 1.807) is 7.05 Å². The molecule has 5 heteroatoms. The van der Waals surface area contributed by atoms with Gasteiger partial charge in [-0.1, -0.05) is 6.92 Å². The highest BCUT2D eigenvalue weighted by atomic mass is 32.2. The van der Waals surface area contributed by atoms with Gasteiger partial charge >= 0.3 is 5.97 Å². The third kappa shape index (κ3) is 7.64. The van der Waals surface area contributed by atoms with Crippen LogP contribution in [0, 0.1) is 0 Å². The Hall–Kier alpha value is -0.710. The lowest BCUT2D eigenvalue weighted by molar-refractivity contribution is -0.136. The lowest BCUT2D eigenvalue weighted by atomic mass is 10.3. The normalized spacial score (nSPS) is 12.2. The number of nitrogens with one attached hydrogen (secondary N) is 1. The maximum absolute atomic E-state index is 10.8. The minimum atomic E-state index is -0.792. The van der Waals surface area contributed by atoms with Crippen LogP contribution in [-0.2, 0) is 9.59 Å². The van der Waals surface area contributed by atoms with Crippen LogP contribution in [0.4, 0.5) is 0 Å². The van der Waals surface area contributed by atoms with Gasteiger partial charge < -0.3 is 10.4 Å². The summed E-state index contributed by atoms with van der Waals surface area (Å²) < 4.78 is 0. The number of carboxylic acids is 1. The van der Waals surface area contributed by atoms with Gasteiger partial charge in [0.25, 0.3) is 0 Å². The summed E-state index contributed by atoms with van der Waals surface area (Å²) >= 11 is 1.51. The van der Waals surface area contributed by atoms with Gasteiger partial charge in [-0.25, -0.2) is 0 Å². The van der Waals surface area contributed by atoms with Gasteiger partial charge in [-0.15, -0.1) is 0 Å². The van der Waals surface area contributed by atoms with Gasteiger partial charge in [0.05, 0.1) is 6.42 Å². The van der Waals surface area contributed by atoms with Crippen LogP contribution in [0.2, 0.25) is 0 Å². The van der Waals surface area contributed by atoms with Gasteiger partial charge in [-0.2, -0.15) is 11.8 Å². The van der Waals surface area contributed by atoms with E-state index >= 15 is 0 Å². The summed E-state index contributed by atoms with van der Waals surface area (Å²) in [7, 11) is 1.59. The van der Waals surface area contributed by atoms with E-state index in [9.17, 15) is 9.59 Å². The Balaban J connectivity index is 3.42. The second-order valence-corrected chi connectivity index (χ2v) is 4.25. The number of aliphatic carboxylic acids is 1. The lowest BCUT2D eigenvalue weighted by Crippen LogP contribution is -2.18. The molecular weight excluding hydrogens is 190 g/mol. The molecule has 2 N–H and O–H groups in total. The van der Waals surface area contributed by atoms with Crippen LogP contribution >= 0.6 is 11.8 Å². The number of rotatable bonds is 6. The second-order valence-electron chi connectivity index (χ2n) is 2.70. The van der Waals surface area contributed by atoms with Gasteiger partial charge in [0.15, 0.2) is 0 Å². The van der Waals surface area contributed by atoms with Crippen molar-refractivity contribution in [1.29, 1.82) is 0 Å². The fraction of sp³-hybridized carbons (Fsp3) is 0.750. The molecule has 0 spiro atoms. The van der Waals surface area contributed by atoms with Crippen LogP contribution in [0.1, 0.15) is 19.8 Å². The summed E-state index contributed by atoms with van der Waals surface area (Å²) in [6.45, 7) is 1.85. The Labute approximate surface area is 82.1 Å². The first-order valence-corrected chi connectivity index (χ1v) is 5.15. The molecule has 0 bridgehead atoms. The Kier molecular flexibility index (Phi) is 6.40. The smallest absolute Gasteiger partial charge is 0.304 e. The standard InChI is InChI=1S/C8H15NO3S/c1-6(5-8(11)12)13-4-3-7(10)9-2/h6H,3-5H2,1-2H3,(H,9,10)(H,11,12). The molecule has 0 saturated carbocycles. The van der Waals surface area contributed by atoms with Gasteiger partial charge in [0, 0.05) is 24.5 Å². The lowest BCUT2D eigenvalue weighted by Gasteiger charge is -2.07. The van der Waals surface area contributed by atoms with Gasteiger partial charge in [-0.05, 0) is 0 Å². The van der Waals surface area contributed by atoms with Crippen molar-refractivity contribution in [3.8, 4) is 0 Å². The first kappa shape index (κ1) is 12.3. The summed E-state index contributed by atoms with van der Waals surface area (Å²) in [4.78, 5) is 21.0. The van der Waals surface area contributed by atoms with E-state index in [0.717, 1.165) is 0 Å². The van der Waals surface area contributed by atoms with Crippen molar-refractivity contribution in [3.63, 3.8) is 0 Å². The minimum Gasteiger partial charge on any atom is -0.481 e. The van der Waals surface area contributed by atoms with E-state index in [2.05, 4.69) is 5.32 Å². The third-order valence-corrected chi connectivity index (χ3v) is 2.65. The zero-order valence-corrected chi connectivity index (χ0v) is 8.69. The van der Waals surface area contributed by atoms with E-state index in [1.807, 2.05) is 6.92 Å². The first-order chi connectivity index (χ1) is 6.06. The molecule has 13 heavy (non-hydrogen) atoms. The van der Waals surface area contributed by atoms with Crippen LogP contribution in [-0.4, -0.2) is 35.0 Å². The Bertz CT molecular complexity index is 184. The van der Waals surface area contributed by atoms with E-state index in [0.29, 0.717) is 12.2 Å². The second kappa shape index (κ2) is 6.77. The largest absolute Gasteiger partial charge is 0.481 e. The maximum Gasteiger partial charge on any atom is 0.304 e. The predicted octanol–water partition coefficient (Wildman–Crippen LogP) is 0.719. The topological polar surface area (TPSA) is 66.4 Å². The summed E-state index contributed by atoms with van der Waals surface area (Å²) in [6.07, 6.45) is 0.601. The van der Waals surface area contributed by atoms with E-state index < -0.39 is 5.97 Å². The Morgan fingerprint density at radius 2 is 2.15 bits per heavy atom. The predicted molar refractivity (Wildman–Crippen MR) is 52.9 cm³/mol. The van der Waals surface area contributed by atoms with E-state index in [1.165, 1.54) is 11.8 Å². The van der Waals surface area contributed by atoms with Gasteiger partial charge in [0.2, 0.25) is 5.91 Å². The van der Waals surface area contributed by atoms with Crippen molar-refractivity contribution in [3.05, 3.63) is 0 Å². The molecule has 76 valence electrons. The first-order valence-electron chi connectivity index (χ1n) is 4.10. The zero-order valence-electron chi connectivity index (χ0n) is 7.87. The fourth-order valence-corrected chi connectivity index (χ4v) is 1.75. The zero-order chi connectivity index (χ0) is 10.3. The highest BCUT2D eigenvalue weighted by Crippen LogP contribution is 2.14.